The van der Waals surface area contributed by atoms with Gasteiger partial charge in [0.25, 0.3) is 0 Å². The van der Waals surface area contributed by atoms with Gasteiger partial charge in [0.15, 0.2) is 0 Å². The van der Waals surface area contributed by atoms with Gasteiger partial charge in [-0.3, -0.25) is 4.99 Å². The molecule has 72 valence electrons. The monoisotopic (exact) mass is 170 g/mol. The predicted molar refractivity (Wildman–Crippen MR) is 55.8 cm³/mol. The summed E-state index contributed by atoms with van der Waals surface area (Å²) < 4.78 is 0. The number of rotatable bonds is 5. The Labute approximate surface area is 76.3 Å². The molecule has 0 unspecified atom stereocenters. The van der Waals surface area contributed by atoms with E-state index in [2.05, 4.69) is 18.8 Å². The summed E-state index contributed by atoms with van der Waals surface area (Å²) >= 11 is 0. The molecule has 0 amide bonds. The number of nitrogens with two attached hydrogens (primary N) is 1. The Morgan fingerprint density at radius 1 is 1.42 bits per heavy atom. The third-order valence-electron chi connectivity index (χ3n) is 1.75. The van der Waals surface area contributed by atoms with E-state index in [0.717, 1.165) is 19.4 Å². The summed E-state index contributed by atoms with van der Waals surface area (Å²) in [6.45, 7) is 9.21. The van der Waals surface area contributed by atoms with Crippen molar-refractivity contribution in [3.05, 3.63) is 0 Å². The Kier molecular flexibility index (Phi) is 5.14. The van der Waals surface area contributed by atoms with E-state index >= 15 is 0 Å². The second-order valence-corrected chi connectivity index (χ2v) is 4.11. The van der Waals surface area contributed by atoms with Crippen LogP contribution in [0.1, 0.15) is 47.0 Å². The summed E-state index contributed by atoms with van der Waals surface area (Å²) in [5, 5.41) is 0. The third kappa shape index (κ3) is 7.73. The molecule has 0 aliphatic rings. The zero-order chi connectivity index (χ0) is 9.61. The van der Waals surface area contributed by atoms with Crippen molar-refractivity contribution in [2.45, 2.75) is 52.5 Å². The smallest absolute Gasteiger partial charge is 0.0405 e. The van der Waals surface area contributed by atoms with Crippen LogP contribution in [0, 0.1) is 0 Å². The van der Waals surface area contributed by atoms with E-state index in [1.807, 2.05) is 13.8 Å². The Bertz CT molecular complexity index is 142. The molecule has 0 bridgehead atoms. The molecule has 0 aliphatic carbocycles. The Balaban J connectivity index is 3.60. The van der Waals surface area contributed by atoms with Crippen LogP contribution in [-0.2, 0) is 0 Å². The average Bonchev–Trinajstić information content (AvgIpc) is 1.84. The van der Waals surface area contributed by atoms with Gasteiger partial charge in [-0.15, -0.1) is 0 Å². The lowest BCUT2D eigenvalue weighted by Gasteiger charge is -2.16. The molecule has 0 fully saturated rings. The first-order chi connectivity index (χ1) is 5.45. The van der Waals surface area contributed by atoms with Crippen molar-refractivity contribution >= 4 is 5.71 Å². The van der Waals surface area contributed by atoms with Crippen LogP contribution >= 0.6 is 0 Å². The van der Waals surface area contributed by atoms with Crippen molar-refractivity contribution < 1.29 is 0 Å². The van der Waals surface area contributed by atoms with E-state index in [1.165, 1.54) is 12.1 Å². The molecule has 0 radical (unpaired) electrons. The fourth-order valence-electron chi connectivity index (χ4n) is 0.976. The molecule has 12 heavy (non-hydrogen) atoms. The summed E-state index contributed by atoms with van der Waals surface area (Å²) in [4.78, 5) is 4.44. The fourth-order valence-corrected chi connectivity index (χ4v) is 0.976. The van der Waals surface area contributed by atoms with Crippen LogP contribution in [0.15, 0.2) is 4.99 Å². The van der Waals surface area contributed by atoms with E-state index < -0.39 is 0 Å². The summed E-state index contributed by atoms with van der Waals surface area (Å²) in [6, 6.07) is 0. The number of nitrogens with zero attached hydrogens (tertiary/aromatic N) is 1. The Morgan fingerprint density at radius 2 is 2.00 bits per heavy atom. The zero-order valence-electron chi connectivity index (χ0n) is 8.85. The van der Waals surface area contributed by atoms with E-state index in [-0.39, 0.29) is 5.54 Å². The Morgan fingerprint density at radius 3 is 2.42 bits per heavy atom. The molecular weight excluding hydrogens is 148 g/mol. The SMILES string of the molecule is CCC/C(C)=N\CCC(C)(C)N. The fraction of sp³-hybridized carbons (Fsp3) is 0.900. The molecule has 0 rings (SSSR count). The first kappa shape index (κ1) is 11.6. The van der Waals surface area contributed by atoms with Gasteiger partial charge in [-0.05, 0) is 33.6 Å². The van der Waals surface area contributed by atoms with Gasteiger partial charge in [-0.2, -0.15) is 0 Å². The molecule has 0 aromatic heterocycles. The standard InChI is InChI=1S/C10H22N2/c1-5-6-9(2)12-8-7-10(3,4)11/h5-8,11H2,1-4H3/b12-9-. The highest BCUT2D eigenvalue weighted by molar-refractivity contribution is 5.81. The molecule has 0 heterocycles. The lowest BCUT2D eigenvalue weighted by Crippen LogP contribution is -2.32. The van der Waals surface area contributed by atoms with Gasteiger partial charge < -0.3 is 5.73 Å². The molecule has 0 spiro atoms. The van der Waals surface area contributed by atoms with Crippen molar-refractivity contribution in [2.75, 3.05) is 6.54 Å². The minimum Gasteiger partial charge on any atom is -0.325 e. The predicted octanol–water partition coefficient (Wildman–Crippen LogP) is 2.37. The second-order valence-electron chi connectivity index (χ2n) is 4.11. The third-order valence-corrected chi connectivity index (χ3v) is 1.75. The molecular formula is C10H22N2. The summed E-state index contributed by atoms with van der Waals surface area (Å²) in [6.07, 6.45) is 3.26. The zero-order valence-corrected chi connectivity index (χ0v) is 8.85. The van der Waals surface area contributed by atoms with E-state index in [1.54, 1.807) is 0 Å². The summed E-state index contributed by atoms with van der Waals surface area (Å²) in [5.74, 6) is 0. The van der Waals surface area contributed by atoms with Crippen LogP contribution < -0.4 is 5.73 Å². The normalized spacial score (nSPS) is 13.6. The maximum Gasteiger partial charge on any atom is 0.0405 e. The van der Waals surface area contributed by atoms with Crippen molar-refractivity contribution in [3.8, 4) is 0 Å². The molecule has 0 aromatic rings. The highest BCUT2D eigenvalue weighted by Gasteiger charge is 2.08. The molecule has 0 aromatic carbocycles. The van der Waals surface area contributed by atoms with Gasteiger partial charge in [-0.25, -0.2) is 0 Å². The molecule has 0 saturated heterocycles. The van der Waals surface area contributed by atoms with Gasteiger partial charge in [0.05, 0.1) is 0 Å². The van der Waals surface area contributed by atoms with Gasteiger partial charge in [0, 0.05) is 17.8 Å². The van der Waals surface area contributed by atoms with E-state index in [9.17, 15) is 0 Å². The average molecular weight is 170 g/mol. The van der Waals surface area contributed by atoms with Gasteiger partial charge in [0.2, 0.25) is 0 Å². The van der Waals surface area contributed by atoms with E-state index in [0.29, 0.717) is 0 Å². The van der Waals surface area contributed by atoms with Gasteiger partial charge >= 0.3 is 0 Å². The van der Waals surface area contributed by atoms with Crippen LogP contribution in [0.3, 0.4) is 0 Å². The quantitative estimate of drug-likeness (QED) is 0.632. The highest BCUT2D eigenvalue weighted by Crippen LogP contribution is 2.03. The number of hydrogen-bond donors (Lipinski definition) is 1. The molecule has 0 aliphatic heterocycles. The van der Waals surface area contributed by atoms with Crippen molar-refractivity contribution in [1.82, 2.24) is 0 Å². The summed E-state index contributed by atoms with van der Waals surface area (Å²) in [7, 11) is 0. The first-order valence-corrected chi connectivity index (χ1v) is 4.74. The van der Waals surface area contributed by atoms with Crippen LogP contribution in [0.2, 0.25) is 0 Å². The van der Waals surface area contributed by atoms with Crippen LogP contribution in [0.5, 0.6) is 0 Å². The summed E-state index contributed by atoms with van der Waals surface area (Å²) in [5.41, 5.74) is 7.00. The topological polar surface area (TPSA) is 38.4 Å². The number of hydrogen-bond acceptors (Lipinski definition) is 2. The second kappa shape index (κ2) is 5.31. The van der Waals surface area contributed by atoms with Crippen LogP contribution in [-0.4, -0.2) is 17.8 Å². The molecule has 2 heteroatoms. The molecule has 2 nitrogen and oxygen atoms in total. The van der Waals surface area contributed by atoms with E-state index in [4.69, 9.17) is 5.73 Å². The molecule has 0 atom stereocenters. The van der Waals surface area contributed by atoms with Crippen molar-refractivity contribution in [3.63, 3.8) is 0 Å². The van der Waals surface area contributed by atoms with Crippen LogP contribution in [0.25, 0.3) is 0 Å². The minimum absolute atomic E-state index is 0.0734. The lowest BCUT2D eigenvalue weighted by molar-refractivity contribution is 0.484. The lowest BCUT2D eigenvalue weighted by atomic mass is 10.0. The highest BCUT2D eigenvalue weighted by atomic mass is 14.8. The van der Waals surface area contributed by atoms with Gasteiger partial charge in [-0.1, -0.05) is 13.3 Å². The molecule has 2 N–H and O–H groups in total. The minimum atomic E-state index is -0.0734. The first-order valence-electron chi connectivity index (χ1n) is 4.74. The van der Waals surface area contributed by atoms with Crippen LogP contribution in [0.4, 0.5) is 0 Å². The number of aliphatic imine (C=N–C) groups is 1. The molecule has 0 saturated carbocycles. The van der Waals surface area contributed by atoms with Crippen molar-refractivity contribution in [1.29, 1.82) is 0 Å². The maximum absolute atomic E-state index is 5.83. The maximum atomic E-state index is 5.83. The van der Waals surface area contributed by atoms with Crippen molar-refractivity contribution in [2.24, 2.45) is 10.7 Å². The largest absolute Gasteiger partial charge is 0.325 e. The Hall–Kier alpha value is -0.370. The van der Waals surface area contributed by atoms with Gasteiger partial charge in [0.1, 0.15) is 0 Å².